The Balaban J connectivity index is 1.34. The molecule has 2 saturated heterocycles. The van der Waals surface area contributed by atoms with E-state index in [9.17, 15) is 9.59 Å². The van der Waals surface area contributed by atoms with Crippen molar-refractivity contribution in [1.29, 1.82) is 0 Å². The van der Waals surface area contributed by atoms with Gasteiger partial charge in [-0.05, 0) is 25.7 Å². The number of ether oxygens (including phenoxy) is 4. The summed E-state index contributed by atoms with van der Waals surface area (Å²) >= 11 is 0. The van der Waals surface area contributed by atoms with E-state index in [4.69, 9.17) is 18.9 Å². The Bertz CT molecular complexity index is 330. The molecule has 0 N–H and O–H groups in total. The number of hydrogen-bond acceptors (Lipinski definition) is 6. The van der Waals surface area contributed by atoms with Gasteiger partial charge in [-0.2, -0.15) is 0 Å². The molecule has 3 rings (SSSR count). The van der Waals surface area contributed by atoms with Gasteiger partial charge in [0, 0.05) is 0 Å². The van der Waals surface area contributed by atoms with Crippen molar-refractivity contribution in [2.45, 2.75) is 37.9 Å². The van der Waals surface area contributed by atoms with Crippen molar-refractivity contribution >= 4 is 11.9 Å². The Morgan fingerprint density at radius 1 is 0.800 bits per heavy atom. The topological polar surface area (TPSA) is 77.7 Å². The maximum absolute atomic E-state index is 11.8. The van der Waals surface area contributed by atoms with Gasteiger partial charge in [-0.3, -0.25) is 9.59 Å². The van der Waals surface area contributed by atoms with E-state index in [-0.39, 0.29) is 36.0 Å². The van der Waals surface area contributed by atoms with Gasteiger partial charge in [0.1, 0.15) is 25.4 Å². The summed E-state index contributed by atoms with van der Waals surface area (Å²) in [6.07, 6.45) is 3.01. The molecule has 2 heterocycles. The van der Waals surface area contributed by atoms with Gasteiger partial charge in [0.15, 0.2) is 0 Å². The van der Waals surface area contributed by atoms with Gasteiger partial charge in [0.25, 0.3) is 0 Å². The number of rotatable bonds is 6. The van der Waals surface area contributed by atoms with E-state index in [2.05, 4.69) is 0 Å². The fraction of sp³-hybridized carbons (Fsp3) is 0.857. The fourth-order valence-corrected chi connectivity index (χ4v) is 2.48. The van der Waals surface area contributed by atoms with Crippen molar-refractivity contribution in [2.75, 3.05) is 26.4 Å². The Kier molecular flexibility index (Phi) is 4.21. The lowest BCUT2D eigenvalue weighted by Crippen LogP contribution is -2.29. The summed E-state index contributed by atoms with van der Waals surface area (Å²) in [4.78, 5) is 23.6. The number of epoxide rings is 2. The predicted molar refractivity (Wildman–Crippen MR) is 66.8 cm³/mol. The standard InChI is InChI=1S/C14H20O6/c15-13(19-7-11-5-17-11)9-1-2-10(4-3-9)14(16)20-8-12-6-18-12/h9-12H,1-8H2. The highest BCUT2D eigenvalue weighted by molar-refractivity contribution is 5.75. The maximum atomic E-state index is 11.8. The van der Waals surface area contributed by atoms with Crippen molar-refractivity contribution in [3.63, 3.8) is 0 Å². The van der Waals surface area contributed by atoms with Crippen LogP contribution in [-0.2, 0) is 28.5 Å². The highest BCUT2D eigenvalue weighted by Crippen LogP contribution is 2.31. The zero-order valence-corrected chi connectivity index (χ0v) is 11.4. The molecule has 3 fully saturated rings. The first kappa shape index (κ1) is 13.8. The van der Waals surface area contributed by atoms with Gasteiger partial charge in [-0.15, -0.1) is 0 Å². The summed E-state index contributed by atoms with van der Waals surface area (Å²) in [5.74, 6) is -0.466. The molecule has 3 aliphatic rings. The first-order chi connectivity index (χ1) is 9.72. The third kappa shape index (κ3) is 3.93. The number of esters is 2. The summed E-state index contributed by atoms with van der Waals surface area (Å²) < 4.78 is 20.4. The Hall–Kier alpha value is -1.14. The van der Waals surface area contributed by atoms with E-state index in [0.29, 0.717) is 52.1 Å². The molecule has 0 amide bonds. The molecule has 2 atom stereocenters. The third-order valence-corrected chi connectivity index (χ3v) is 4.02. The molecule has 2 aliphatic heterocycles. The van der Waals surface area contributed by atoms with Crippen LogP contribution < -0.4 is 0 Å². The van der Waals surface area contributed by atoms with E-state index in [1.807, 2.05) is 0 Å². The molecule has 0 aromatic rings. The van der Waals surface area contributed by atoms with E-state index in [0.717, 1.165) is 0 Å². The van der Waals surface area contributed by atoms with E-state index >= 15 is 0 Å². The van der Waals surface area contributed by atoms with Crippen LogP contribution in [0.1, 0.15) is 25.7 Å². The van der Waals surface area contributed by atoms with Gasteiger partial charge in [-0.25, -0.2) is 0 Å². The average molecular weight is 284 g/mol. The van der Waals surface area contributed by atoms with E-state index < -0.39 is 0 Å². The van der Waals surface area contributed by atoms with Gasteiger partial charge in [0.2, 0.25) is 0 Å². The Labute approximate surface area is 117 Å². The monoisotopic (exact) mass is 284 g/mol. The molecule has 6 nitrogen and oxygen atoms in total. The van der Waals surface area contributed by atoms with Crippen LogP contribution in [0.15, 0.2) is 0 Å². The lowest BCUT2D eigenvalue weighted by Gasteiger charge is -2.25. The molecular formula is C14H20O6. The summed E-state index contributed by atoms with van der Waals surface area (Å²) in [7, 11) is 0. The van der Waals surface area contributed by atoms with E-state index in [1.54, 1.807) is 0 Å². The molecule has 112 valence electrons. The second kappa shape index (κ2) is 6.10. The summed E-state index contributed by atoms with van der Waals surface area (Å²) in [5.41, 5.74) is 0. The minimum absolute atomic E-state index is 0.0791. The highest BCUT2D eigenvalue weighted by Gasteiger charge is 2.34. The van der Waals surface area contributed by atoms with Crippen molar-refractivity contribution in [1.82, 2.24) is 0 Å². The molecule has 0 spiro atoms. The first-order valence-electron chi connectivity index (χ1n) is 7.29. The van der Waals surface area contributed by atoms with Gasteiger partial charge in [-0.1, -0.05) is 0 Å². The van der Waals surface area contributed by atoms with Crippen LogP contribution in [0.3, 0.4) is 0 Å². The van der Waals surface area contributed by atoms with Crippen LogP contribution in [0.25, 0.3) is 0 Å². The predicted octanol–water partition coefficient (Wildman–Crippen LogP) is 0.677. The molecule has 0 bridgehead atoms. The molecule has 1 saturated carbocycles. The summed E-state index contributed by atoms with van der Waals surface area (Å²) in [6.45, 7) is 2.11. The van der Waals surface area contributed by atoms with Crippen molar-refractivity contribution in [3.05, 3.63) is 0 Å². The second-order valence-corrected chi connectivity index (χ2v) is 5.72. The fourth-order valence-electron chi connectivity index (χ4n) is 2.48. The molecule has 0 aromatic heterocycles. The molecular weight excluding hydrogens is 264 g/mol. The zero-order valence-electron chi connectivity index (χ0n) is 11.4. The molecule has 20 heavy (non-hydrogen) atoms. The Morgan fingerprint density at radius 2 is 1.15 bits per heavy atom. The molecule has 6 heteroatoms. The van der Waals surface area contributed by atoms with Crippen LogP contribution in [-0.4, -0.2) is 50.6 Å². The van der Waals surface area contributed by atoms with Crippen molar-refractivity contribution in [3.8, 4) is 0 Å². The zero-order chi connectivity index (χ0) is 13.9. The highest BCUT2D eigenvalue weighted by atomic mass is 16.6. The lowest BCUT2D eigenvalue weighted by molar-refractivity contribution is -0.155. The second-order valence-electron chi connectivity index (χ2n) is 5.72. The van der Waals surface area contributed by atoms with Crippen LogP contribution >= 0.6 is 0 Å². The summed E-state index contributed by atoms with van der Waals surface area (Å²) in [6, 6.07) is 0. The molecule has 0 radical (unpaired) electrons. The Morgan fingerprint density at radius 3 is 1.45 bits per heavy atom. The smallest absolute Gasteiger partial charge is 0.309 e. The van der Waals surface area contributed by atoms with Crippen LogP contribution in [0.2, 0.25) is 0 Å². The number of carbonyl (C=O) groups excluding carboxylic acids is 2. The van der Waals surface area contributed by atoms with Crippen LogP contribution in [0.5, 0.6) is 0 Å². The van der Waals surface area contributed by atoms with E-state index in [1.165, 1.54) is 0 Å². The van der Waals surface area contributed by atoms with Crippen LogP contribution in [0, 0.1) is 11.8 Å². The molecule has 2 unspecified atom stereocenters. The maximum Gasteiger partial charge on any atom is 0.309 e. The quantitative estimate of drug-likeness (QED) is 0.527. The third-order valence-electron chi connectivity index (χ3n) is 4.02. The number of carbonyl (C=O) groups is 2. The van der Waals surface area contributed by atoms with Gasteiger partial charge in [0.05, 0.1) is 25.0 Å². The van der Waals surface area contributed by atoms with Crippen LogP contribution in [0.4, 0.5) is 0 Å². The largest absolute Gasteiger partial charge is 0.463 e. The normalized spacial score (nSPS) is 35.2. The molecule has 0 aromatic carbocycles. The summed E-state index contributed by atoms with van der Waals surface area (Å²) in [5, 5.41) is 0. The number of hydrogen-bond donors (Lipinski definition) is 0. The SMILES string of the molecule is O=C(OCC1CO1)C1CCC(C(=O)OCC2CO2)CC1. The minimum Gasteiger partial charge on any atom is -0.463 e. The van der Waals surface area contributed by atoms with Crippen molar-refractivity contribution in [2.24, 2.45) is 11.8 Å². The minimum atomic E-state index is -0.154. The van der Waals surface area contributed by atoms with Gasteiger partial charge >= 0.3 is 11.9 Å². The first-order valence-corrected chi connectivity index (χ1v) is 7.29. The lowest BCUT2D eigenvalue weighted by atomic mass is 9.82. The van der Waals surface area contributed by atoms with Gasteiger partial charge < -0.3 is 18.9 Å². The van der Waals surface area contributed by atoms with Crippen molar-refractivity contribution < 1.29 is 28.5 Å². The average Bonchev–Trinajstić information content (AvgIpc) is 3.37. The molecule has 1 aliphatic carbocycles.